The van der Waals surface area contributed by atoms with E-state index in [0.717, 1.165) is 5.69 Å². The van der Waals surface area contributed by atoms with Crippen molar-refractivity contribution in [2.45, 2.75) is 39.5 Å². The molecule has 4 rings (SSSR count). The first kappa shape index (κ1) is 21.5. The summed E-state index contributed by atoms with van der Waals surface area (Å²) in [4.78, 5) is 4.32. The summed E-state index contributed by atoms with van der Waals surface area (Å²) < 4.78 is 0. The van der Waals surface area contributed by atoms with Crippen molar-refractivity contribution in [1.82, 2.24) is 4.98 Å². The van der Waals surface area contributed by atoms with Crippen molar-refractivity contribution < 1.29 is 0 Å². The topological polar surface area (TPSA) is 12.9 Å². The van der Waals surface area contributed by atoms with Crippen molar-refractivity contribution in [3.63, 3.8) is 0 Å². The summed E-state index contributed by atoms with van der Waals surface area (Å²) in [5.41, 5.74) is 7.56. The summed E-state index contributed by atoms with van der Waals surface area (Å²) >= 11 is 0. The molecule has 0 aliphatic heterocycles. The van der Waals surface area contributed by atoms with Gasteiger partial charge in [0.25, 0.3) is 0 Å². The second-order valence-corrected chi connectivity index (χ2v) is 8.13. The molecule has 0 aliphatic rings. The van der Waals surface area contributed by atoms with Gasteiger partial charge in [0.15, 0.2) is 0 Å². The highest BCUT2D eigenvalue weighted by Gasteiger charge is 2.01. The minimum Gasteiger partial charge on any atom is -0.256 e. The Labute approximate surface area is 181 Å². The second kappa shape index (κ2) is 10.5. The van der Waals surface area contributed by atoms with Crippen LogP contribution in [0.2, 0.25) is 0 Å². The zero-order valence-corrected chi connectivity index (χ0v) is 18.4. The molecule has 0 bridgehead atoms. The standard InChI is InChI=1S/C15H16.C14H15N/c1-12(2)13-8-10-15(11-9-13)14-6-4-3-5-7-14;1-11(2)12-6-8-13(9-7-12)14-5-3-4-10-15-14/h3-12H,1-2H3;3-11H,1-2H3. The van der Waals surface area contributed by atoms with Gasteiger partial charge in [-0.1, -0.05) is 113 Å². The molecule has 0 saturated heterocycles. The summed E-state index contributed by atoms with van der Waals surface area (Å²) in [5.74, 6) is 1.19. The van der Waals surface area contributed by atoms with Gasteiger partial charge in [-0.25, -0.2) is 0 Å². The molecule has 0 amide bonds. The number of hydrogen-bond acceptors (Lipinski definition) is 1. The van der Waals surface area contributed by atoms with E-state index in [0.29, 0.717) is 11.8 Å². The van der Waals surface area contributed by atoms with Crippen LogP contribution in [0.25, 0.3) is 22.4 Å². The highest BCUT2D eigenvalue weighted by molar-refractivity contribution is 5.63. The Balaban J connectivity index is 0.000000171. The zero-order valence-electron chi connectivity index (χ0n) is 18.4. The van der Waals surface area contributed by atoms with Gasteiger partial charge in [0.05, 0.1) is 5.69 Å². The van der Waals surface area contributed by atoms with Crippen LogP contribution in [0, 0.1) is 0 Å². The zero-order chi connectivity index (χ0) is 21.3. The molecule has 30 heavy (non-hydrogen) atoms. The molecule has 0 radical (unpaired) electrons. The minimum atomic E-state index is 0.586. The molecule has 3 aromatic carbocycles. The first-order chi connectivity index (χ1) is 14.5. The van der Waals surface area contributed by atoms with E-state index in [4.69, 9.17) is 0 Å². The van der Waals surface area contributed by atoms with E-state index in [1.54, 1.807) is 0 Å². The number of pyridine rings is 1. The Kier molecular flexibility index (Phi) is 7.57. The lowest BCUT2D eigenvalue weighted by Gasteiger charge is -2.06. The first-order valence-corrected chi connectivity index (χ1v) is 10.7. The molecular weight excluding hydrogens is 362 g/mol. The third kappa shape index (κ3) is 5.90. The molecule has 0 saturated carbocycles. The van der Waals surface area contributed by atoms with Crippen LogP contribution in [0.3, 0.4) is 0 Å². The van der Waals surface area contributed by atoms with E-state index in [9.17, 15) is 0 Å². The molecule has 0 aliphatic carbocycles. The van der Waals surface area contributed by atoms with Crippen LogP contribution < -0.4 is 0 Å². The van der Waals surface area contributed by atoms with Crippen molar-refractivity contribution in [1.29, 1.82) is 0 Å². The Morgan fingerprint density at radius 2 is 0.933 bits per heavy atom. The van der Waals surface area contributed by atoms with Crippen molar-refractivity contribution in [2.75, 3.05) is 0 Å². The van der Waals surface area contributed by atoms with Crippen molar-refractivity contribution in [2.24, 2.45) is 0 Å². The van der Waals surface area contributed by atoms with E-state index in [2.05, 4.69) is 105 Å². The fourth-order valence-corrected chi connectivity index (χ4v) is 3.26. The Hall–Kier alpha value is -3.19. The fourth-order valence-electron chi connectivity index (χ4n) is 3.26. The molecule has 1 aromatic heterocycles. The van der Waals surface area contributed by atoms with Gasteiger partial charge < -0.3 is 0 Å². The fraction of sp³-hybridized carbons (Fsp3) is 0.207. The van der Waals surface area contributed by atoms with Crippen LogP contribution in [0.1, 0.15) is 50.7 Å². The minimum absolute atomic E-state index is 0.586. The lowest BCUT2D eigenvalue weighted by atomic mass is 9.99. The van der Waals surface area contributed by atoms with Crippen LogP contribution in [-0.2, 0) is 0 Å². The van der Waals surface area contributed by atoms with Gasteiger partial charge in [-0.3, -0.25) is 4.98 Å². The van der Waals surface area contributed by atoms with E-state index in [-0.39, 0.29) is 0 Å². The second-order valence-electron chi connectivity index (χ2n) is 8.13. The largest absolute Gasteiger partial charge is 0.256 e. The molecule has 1 nitrogen and oxygen atoms in total. The van der Waals surface area contributed by atoms with E-state index in [1.807, 2.05) is 30.5 Å². The van der Waals surface area contributed by atoms with Crippen LogP contribution >= 0.6 is 0 Å². The van der Waals surface area contributed by atoms with Gasteiger partial charge in [-0.05, 0) is 46.2 Å². The SMILES string of the molecule is CC(C)c1ccc(-c2ccccc2)cc1.CC(C)c1ccc(-c2ccccn2)cc1. The normalized spacial score (nSPS) is 10.6. The predicted molar refractivity (Wildman–Crippen MR) is 130 cm³/mol. The quantitative estimate of drug-likeness (QED) is 0.339. The highest BCUT2D eigenvalue weighted by Crippen LogP contribution is 2.22. The molecular formula is C29H31N. The number of hydrogen-bond donors (Lipinski definition) is 0. The molecule has 152 valence electrons. The molecule has 0 N–H and O–H groups in total. The smallest absolute Gasteiger partial charge is 0.0701 e. The van der Waals surface area contributed by atoms with Crippen LogP contribution in [0.15, 0.2) is 103 Å². The summed E-state index contributed by atoms with van der Waals surface area (Å²) in [6.07, 6.45) is 1.83. The lowest BCUT2D eigenvalue weighted by Crippen LogP contribution is -1.87. The van der Waals surface area contributed by atoms with Gasteiger partial charge in [-0.2, -0.15) is 0 Å². The van der Waals surface area contributed by atoms with E-state index < -0.39 is 0 Å². The summed E-state index contributed by atoms with van der Waals surface area (Å²) in [7, 11) is 0. The molecule has 0 unspecified atom stereocenters. The summed E-state index contributed by atoms with van der Waals surface area (Å²) in [6.45, 7) is 8.85. The summed E-state index contributed by atoms with van der Waals surface area (Å²) in [6, 6.07) is 33.9. The van der Waals surface area contributed by atoms with Crippen molar-refractivity contribution in [3.8, 4) is 22.4 Å². The van der Waals surface area contributed by atoms with Gasteiger partial charge in [0.2, 0.25) is 0 Å². The van der Waals surface area contributed by atoms with Crippen LogP contribution in [-0.4, -0.2) is 4.98 Å². The highest BCUT2D eigenvalue weighted by atomic mass is 14.7. The number of nitrogens with zero attached hydrogens (tertiary/aromatic N) is 1. The molecule has 0 fully saturated rings. The molecule has 0 spiro atoms. The molecule has 1 heteroatoms. The van der Waals surface area contributed by atoms with Gasteiger partial charge in [0.1, 0.15) is 0 Å². The van der Waals surface area contributed by atoms with Gasteiger partial charge in [-0.15, -0.1) is 0 Å². The maximum atomic E-state index is 4.32. The number of aromatic nitrogens is 1. The molecule has 1 heterocycles. The third-order valence-electron chi connectivity index (χ3n) is 5.22. The lowest BCUT2D eigenvalue weighted by molar-refractivity contribution is 0.867. The van der Waals surface area contributed by atoms with Gasteiger partial charge >= 0.3 is 0 Å². The monoisotopic (exact) mass is 393 g/mol. The average molecular weight is 394 g/mol. The Morgan fingerprint density at radius 3 is 1.40 bits per heavy atom. The number of benzene rings is 3. The Bertz CT molecular complexity index is 912. The molecule has 4 aromatic rings. The third-order valence-corrected chi connectivity index (χ3v) is 5.22. The van der Waals surface area contributed by atoms with Gasteiger partial charge in [0, 0.05) is 11.8 Å². The van der Waals surface area contributed by atoms with Crippen molar-refractivity contribution in [3.05, 3.63) is 114 Å². The Morgan fingerprint density at radius 1 is 0.467 bits per heavy atom. The molecule has 0 atom stereocenters. The number of rotatable bonds is 4. The maximum Gasteiger partial charge on any atom is 0.0701 e. The maximum absolute atomic E-state index is 4.32. The average Bonchev–Trinajstić information content (AvgIpc) is 2.81. The van der Waals surface area contributed by atoms with Crippen LogP contribution in [0.4, 0.5) is 0 Å². The van der Waals surface area contributed by atoms with Crippen LogP contribution in [0.5, 0.6) is 0 Å². The van der Waals surface area contributed by atoms with E-state index in [1.165, 1.54) is 27.8 Å². The first-order valence-electron chi connectivity index (χ1n) is 10.7. The predicted octanol–water partition coefficient (Wildman–Crippen LogP) is 8.35. The van der Waals surface area contributed by atoms with E-state index >= 15 is 0 Å². The summed E-state index contributed by atoms with van der Waals surface area (Å²) in [5, 5.41) is 0. The van der Waals surface area contributed by atoms with Crippen molar-refractivity contribution >= 4 is 0 Å².